The molecule has 0 radical (unpaired) electrons. The minimum atomic E-state index is -0.228. The summed E-state index contributed by atoms with van der Waals surface area (Å²) in [6.07, 6.45) is 4.04. The molecule has 2 heterocycles. The number of benzene rings is 2. The van der Waals surface area contributed by atoms with Gasteiger partial charge in [-0.2, -0.15) is 15.4 Å². The van der Waals surface area contributed by atoms with Gasteiger partial charge in [-0.1, -0.05) is 18.9 Å². The highest BCUT2D eigenvalue weighted by molar-refractivity contribution is 6.09. The molecular weight excluding hydrogens is 319 g/mol. The van der Waals surface area contributed by atoms with Gasteiger partial charge in [0.25, 0.3) is 5.91 Å². The van der Waals surface area contributed by atoms with Crippen LogP contribution >= 0.6 is 0 Å². The molecule has 3 aromatic rings. The summed E-state index contributed by atoms with van der Waals surface area (Å²) in [6.45, 7) is 0.555. The molecule has 0 bridgehead atoms. The lowest BCUT2D eigenvalue weighted by atomic mass is 9.80. The van der Waals surface area contributed by atoms with Crippen LogP contribution in [0.2, 0.25) is 0 Å². The van der Waals surface area contributed by atoms with Crippen LogP contribution < -0.4 is 4.90 Å². The van der Waals surface area contributed by atoms with Gasteiger partial charge in [-0.05, 0) is 43.2 Å². The second-order valence-corrected chi connectivity index (χ2v) is 7.04. The largest absolute Gasteiger partial charge is 0.307 e. The number of carbonyl (C=O) groups excluding carboxylic acids is 1. The van der Waals surface area contributed by atoms with Crippen LogP contribution in [0.25, 0.3) is 11.0 Å². The number of hydrogen-bond donors (Lipinski definition) is 1. The summed E-state index contributed by atoms with van der Waals surface area (Å²) in [6, 6.07) is 10.3. The maximum absolute atomic E-state index is 14.6. The molecule has 1 N–H and O–H groups in total. The summed E-state index contributed by atoms with van der Waals surface area (Å²) in [7, 11) is 0. The zero-order valence-electron chi connectivity index (χ0n) is 13.6. The van der Waals surface area contributed by atoms with Crippen LogP contribution in [0, 0.1) is 5.82 Å². The van der Waals surface area contributed by atoms with Gasteiger partial charge < -0.3 is 4.90 Å². The fourth-order valence-corrected chi connectivity index (χ4v) is 4.50. The molecule has 5 rings (SSSR count). The molecule has 25 heavy (non-hydrogen) atoms. The number of fused-ring (bicyclic) bond motifs is 3. The topological polar surface area (TPSA) is 61.9 Å². The Balaban J connectivity index is 1.60. The van der Waals surface area contributed by atoms with Gasteiger partial charge in [-0.25, -0.2) is 4.39 Å². The fourth-order valence-electron chi connectivity index (χ4n) is 4.50. The van der Waals surface area contributed by atoms with Crippen molar-refractivity contribution in [3.8, 4) is 0 Å². The molecule has 0 saturated heterocycles. The lowest BCUT2D eigenvalue weighted by molar-refractivity contribution is 0.0985. The van der Waals surface area contributed by atoms with Crippen LogP contribution in [0.5, 0.6) is 0 Å². The minimum absolute atomic E-state index is 0.111. The third kappa shape index (κ3) is 2.03. The van der Waals surface area contributed by atoms with Gasteiger partial charge >= 0.3 is 0 Å². The van der Waals surface area contributed by atoms with Gasteiger partial charge in [-0.15, -0.1) is 0 Å². The van der Waals surface area contributed by atoms with Crippen LogP contribution in [0.3, 0.4) is 0 Å². The number of nitrogens with one attached hydrogen (secondary N) is 1. The molecule has 1 amide bonds. The Morgan fingerprint density at radius 1 is 1.12 bits per heavy atom. The van der Waals surface area contributed by atoms with E-state index in [-0.39, 0.29) is 17.1 Å². The first-order chi connectivity index (χ1) is 12.2. The van der Waals surface area contributed by atoms with E-state index in [2.05, 4.69) is 15.4 Å². The Bertz CT molecular complexity index is 990. The first kappa shape index (κ1) is 14.6. The van der Waals surface area contributed by atoms with Crippen LogP contribution in [-0.2, 0) is 5.41 Å². The summed E-state index contributed by atoms with van der Waals surface area (Å²) >= 11 is 0. The van der Waals surface area contributed by atoms with Crippen molar-refractivity contribution in [1.82, 2.24) is 15.4 Å². The molecule has 126 valence electrons. The van der Waals surface area contributed by atoms with E-state index >= 15 is 0 Å². The molecular formula is C19H17FN4O. The molecule has 1 fully saturated rings. The summed E-state index contributed by atoms with van der Waals surface area (Å²) in [5, 5.41) is 10.6. The van der Waals surface area contributed by atoms with Crippen molar-refractivity contribution >= 4 is 22.6 Å². The molecule has 1 spiro atoms. The predicted octanol–water partition coefficient (Wildman–Crippen LogP) is 3.57. The van der Waals surface area contributed by atoms with Gasteiger partial charge in [0.15, 0.2) is 0 Å². The average Bonchev–Trinajstić information content (AvgIpc) is 3.34. The van der Waals surface area contributed by atoms with Crippen molar-refractivity contribution in [2.24, 2.45) is 0 Å². The van der Waals surface area contributed by atoms with Crippen molar-refractivity contribution < 1.29 is 9.18 Å². The van der Waals surface area contributed by atoms with Crippen molar-refractivity contribution in [2.75, 3.05) is 11.4 Å². The normalized spacial score (nSPS) is 18.2. The molecule has 5 nitrogen and oxygen atoms in total. The van der Waals surface area contributed by atoms with E-state index in [0.29, 0.717) is 23.3 Å². The van der Waals surface area contributed by atoms with E-state index in [9.17, 15) is 9.18 Å². The fraction of sp³-hybridized carbons (Fsp3) is 0.316. The first-order valence-electron chi connectivity index (χ1n) is 8.59. The Labute approximate surface area is 143 Å². The van der Waals surface area contributed by atoms with Crippen LogP contribution in [0.15, 0.2) is 36.4 Å². The monoisotopic (exact) mass is 336 g/mol. The van der Waals surface area contributed by atoms with Crippen LogP contribution in [0.1, 0.15) is 41.6 Å². The smallest absolute Gasteiger partial charge is 0.258 e. The van der Waals surface area contributed by atoms with Gasteiger partial charge in [0.2, 0.25) is 0 Å². The lowest BCUT2D eigenvalue weighted by Crippen LogP contribution is -2.35. The van der Waals surface area contributed by atoms with E-state index < -0.39 is 0 Å². The maximum Gasteiger partial charge on any atom is 0.258 e. The van der Waals surface area contributed by atoms with E-state index in [1.165, 1.54) is 6.07 Å². The third-order valence-electron chi connectivity index (χ3n) is 5.64. The number of halogens is 1. The molecule has 0 atom stereocenters. The number of aromatic nitrogens is 3. The zero-order valence-corrected chi connectivity index (χ0v) is 13.6. The number of nitrogens with zero attached hydrogens (tertiary/aromatic N) is 3. The number of anilines is 1. The van der Waals surface area contributed by atoms with Gasteiger partial charge in [0.05, 0.1) is 5.69 Å². The third-order valence-corrected chi connectivity index (χ3v) is 5.64. The standard InChI is InChI=1S/C19H17FN4O/c20-13-4-3-5-16-17(13)19(8-1-2-9-19)11-24(16)18(25)12-6-7-14-15(10-12)22-23-21-14/h3-7,10H,1-2,8-9,11H2,(H,21,22,23). The number of aromatic amines is 1. The highest BCUT2D eigenvalue weighted by Crippen LogP contribution is 2.51. The number of carbonyl (C=O) groups is 1. The quantitative estimate of drug-likeness (QED) is 0.739. The Hall–Kier alpha value is -2.76. The van der Waals surface area contributed by atoms with Crippen LogP contribution in [-0.4, -0.2) is 27.9 Å². The second kappa shape index (κ2) is 5.12. The van der Waals surface area contributed by atoms with E-state index in [4.69, 9.17) is 0 Å². The summed E-state index contributed by atoms with van der Waals surface area (Å²) < 4.78 is 14.6. The Morgan fingerprint density at radius 3 is 2.76 bits per heavy atom. The highest BCUT2D eigenvalue weighted by Gasteiger charge is 2.48. The zero-order chi connectivity index (χ0) is 17.0. The van der Waals surface area contributed by atoms with E-state index in [1.54, 1.807) is 29.2 Å². The van der Waals surface area contributed by atoms with Crippen molar-refractivity contribution in [3.63, 3.8) is 0 Å². The summed E-state index contributed by atoms with van der Waals surface area (Å²) in [5.41, 5.74) is 3.13. The predicted molar refractivity (Wildman–Crippen MR) is 92.1 cm³/mol. The number of rotatable bonds is 1. The average molecular weight is 336 g/mol. The number of hydrogen-bond acceptors (Lipinski definition) is 3. The molecule has 1 aromatic heterocycles. The van der Waals surface area contributed by atoms with Crippen molar-refractivity contribution in [3.05, 3.63) is 53.3 Å². The molecule has 6 heteroatoms. The summed E-state index contributed by atoms with van der Waals surface area (Å²) in [4.78, 5) is 14.9. The second-order valence-electron chi connectivity index (χ2n) is 7.04. The summed E-state index contributed by atoms with van der Waals surface area (Å²) in [5.74, 6) is -0.304. The first-order valence-corrected chi connectivity index (χ1v) is 8.59. The van der Waals surface area contributed by atoms with Crippen molar-refractivity contribution in [1.29, 1.82) is 0 Å². The number of amides is 1. The van der Waals surface area contributed by atoms with Gasteiger partial charge in [-0.3, -0.25) is 4.79 Å². The van der Waals surface area contributed by atoms with E-state index in [1.807, 2.05) is 6.07 Å². The van der Waals surface area contributed by atoms with Gasteiger partial charge in [0.1, 0.15) is 16.9 Å². The van der Waals surface area contributed by atoms with Crippen molar-refractivity contribution in [2.45, 2.75) is 31.1 Å². The Morgan fingerprint density at radius 2 is 1.92 bits per heavy atom. The molecule has 2 aliphatic rings. The van der Waals surface area contributed by atoms with Crippen LogP contribution in [0.4, 0.5) is 10.1 Å². The van der Waals surface area contributed by atoms with E-state index in [0.717, 1.165) is 36.8 Å². The Kier molecular flexibility index (Phi) is 2.98. The minimum Gasteiger partial charge on any atom is -0.307 e. The lowest BCUT2D eigenvalue weighted by Gasteiger charge is -2.25. The molecule has 1 aliphatic carbocycles. The molecule has 1 saturated carbocycles. The SMILES string of the molecule is O=C(c1ccc2n[nH]nc2c1)N1CC2(CCCC2)c2c(F)cccc21. The molecule has 1 aliphatic heterocycles. The highest BCUT2D eigenvalue weighted by atomic mass is 19.1. The molecule has 0 unspecified atom stereocenters. The number of H-pyrrole nitrogens is 1. The molecule has 2 aromatic carbocycles. The maximum atomic E-state index is 14.6. The van der Waals surface area contributed by atoms with Gasteiger partial charge in [0, 0.05) is 23.1 Å².